The molecule has 0 radical (unpaired) electrons. The SMILES string of the molecule is c1ccc2c(c1)Sc1ccccc1N2c1ccc(-c2nsc(-c3ccc(-n4c5ccccc5c5ccccc54)cc3)n2)cc1. The summed E-state index contributed by atoms with van der Waals surface area (Å²) in [6.07, 6.45) is 0. The van der Waals surface area contributed by atoms with Crippen molar-refractivity contribution in [3.8, 4) is 27.6 Å². The molecule has 1 aliphatic heterocycles. The zero-order valence-corrected chi connectivity index (χ0v) is 25.1. The van der Waals surface area contributed by atoms with Crippen LogP contribution in [0.4, 0.5) is 17.1 Å². The number of hydrogen-bond acceptors (Lipinski definition) is 5. The van der Waals surface area contributed by atoms with Crippen molar-refractivity contribution in [1.29, 1.82) is 0 Å². The van der Waals surface area contributed by atoms with Crippen molar-refractivity contribution in [2.45, 2.75) is 9.79 Å². The number of anilines is 3. The van der Waals surface area contributed by atoms with E-state index in [9.17, 15) is 0 Å². The maximum Gasteiger partial charge on any atom is 0.173 e. The quantitative estimate of drug-likeness (QED) is 0.201. The topological polar surface area (TPSA) is 34.0 Å². The van der Waals surface area contributed by atoms with Gasteiger partial charge in [0, 0.05) is 43.1 Å². The van der Waals surface area contributed by atoms with Gasteiger partial charge in [-0.1, -0.05) is 72.4 Å². The fraction of sp³-hybridized carbons (Fsp3) is 0. The van der Waals surface area contributed by atoms with Gasteiger partial charge in [-0.2, -0.15) is 4.37 Å². The Bertz CT molecular complexity index is 2220. The van der Waals surface area contributed by atoms with Gasteiger partial charge < -0.3 is 9.47 Å². The van der Waals surface area contributed by atoms with Crippen LogP contribution in [0, 0.1) is 0 Å². The van der Waals surface area contributed by atoms with Gasteiger partial charge in [0.15, 0.2) is 5.82 Å². The van der Waals surface area contributed by atoms with Crippen LogP contribution in [0.2, 0.25) is 0 Å². The van der Waals surface area contributed by atoms with E-state index in [0.717, 1.165) is 33.3 Å². The third kappa shape index (κ3) is 4.07. The van der Waals surface area contributed by atoms with Crippen LogP contribution in [-0.4, -0.2) is 13.9 Å². The van der Waals surface area contributed by atoms with Crippen LogP contribution in [0.15, 0.2) is 155 Å². The minimum Gasteiger partial charge on any atom is -0.309 e. The lowest BCUT2D eigenvalue weighted by atomic mass is 10.1. The molecule has 0 saturated heterocycles. The average Bonchev–Trinajstić information content (AvgIpc) is 3.71. The number of nitrogens with zero attached hydrogens (tertiary/aromatic N) is 4. The van der Waals surface area contributed by atoms with E-state index in [0.29, 0.717) is 0 Å². The molecule has 0 spiro atoms. The second kappa shape index (κ2) is 10.2. The number of rotatable bonds is 4. The highest BCUT2D eigenvalue weighted by Gasteiger charge is 2.24. The molecule has 8 aromatic rings. The Morgan fingerprint density at radius 3 is 1.64 bits per heavy atom. The summed E-state index contributed by atoms with van der Waals surface area (Å²) in [5, 5.41) is 3.44. The van der Waals surface area contributed by atoms with Crippen molar-refractivity contribution in [2.24, 2.45) is 0 Å². The molecule has 0 amide bonds. The van der Waals surface area contributed by atoms with Crippen molar-refractivity contribution in [2.75, 3.05) is 4.90 Å². The third-order valence-corrected chi connectivity index (χ3v) is 10.1. The molecular weight excluding hydrogens is 577 g/mol. The van der Waals surface area contributed by atoms with Crippen LogP contribution in [0.3, 0.4) is 0 Å². The Labute approximate surface area is 263 Å². The molecule has 0 atom stereocenters. The van der Waals surface area contributed by atoms with Crippen LogP contribution in [0.5, 0.6) is 0 Å². The summed E-state index contributed by atoms with van der Waals surface area (Å²) in [6, 6.07) is 51.6. The largest absolute Gasteiger partial charge is 0.309 e. The smallest absolute Gasteiger partial charge is 0.173 e. The van der Waals surface area contributed by atoms with Crippen LogP contribution < -0.4 is 4.90 Å². The first-order valence-electron chi connectivity index (χ1n) is 14.5. The molecule has 6 aromatic carbocycles. The highest BCUT2D eigenvalue weighted by Crippen LogP contribution is 2.51. The first-order chi connectivity index (χ1) is 21.8. The number of aromatic nitrogens is 3. The van der Waals surface area contributed by atoms with E-state index in [-0.39, 0.29) is 0 Å². The molecule has 0 bridgehead atoms. The van der Waals surface area contributed by atoms with E-state index in [1.165, 1.54) is 54.5 Å². The highest BCUT2D eigenvalue weighted by atomic mass is 32.2. The van der Waals surface area contributed by atoms with Crippen molar-refractivity contribution < 1.29 is 0 Å². The van der Waals surface area contributed by atoms with Gasteiger partial charge in [-0.05, 0) is 96.5 Å². The molecule has 3 heterocycles. The van der Waals surface area contributed by atoms with Crippen molar-refractivity contribution in [3.05, 3.63) is 146 Å². The van der Waals surface area contributed by atoms with Gasteiger partial charge in [-0.3, -0.25) is 0 Å². The highest BCUT2D eigenvalue weighted by molar-refractivity contribution is 7.99. The Balaban J connectivity index is 1.02. The van der Waals surface area contributed by atoms with Crippen molar-refractivity contribution in [1.82, 2.24) is 13.9 Å². The molecule has 208 valence electrons. The Morgan fingerprint density at radius 1 is 0.477 bits per heavy atom. The molecule has 6 heteroatoms. The predicted molar refractivity (Wildman–Crippen MR) is 184 cm³/mol. The average molecular weight is 601 g/mol. The minimum absolute atomic E-state index is 0.748. The normalized spacial score (nSPS) is 12.4. The molecule has 1 aliphatic rings. The molecule has 0 saturated carbocycles. The van der Waals surface area contributed by atoms with Gasteiger partial charge >= 0.3 is 0 Å². The van der Waals surface area contributed by atoms with Crippen LogP contribution in [-0.2, 0) is 0 Å². The molecule has 9 rings (SSSR count). The zero-order valence-electron chi connectivity index (χ0n) is 23.5. The van der Waals surface area contributed by atoms with Crippen molar-refractivity contribution >= 4 is 62.2 Å². The fourth-order valence-corrected chi connectivity index (χ4v) is 7.90. The van der Waals surface area contributed by atoms with Gasteiger partial charge in [-0.25, -0.2) is 4.98 Å². The molecule has 0 N–H and O–H groups in total. The molecule has 0 unspecified atom stereocenters. The van der Waals surface area contributed by atoms with Gasteiger partial charge in [0.25, 0.3) is 0 Å². The fourth-order valence-electron chi connectivity index (χ4n) is 6.15. The van der Waals surface area contributed by atoms with Gasteiger partial charge in [-0.15, -0.1) is 0 Å². The molecule has 0 aliphatic carbocycles. The Morgan fingerprint density at radius 2 is 1.00 bits per heavy atom. The number of benzene rings is 6. The Hall–Kier alpha value is -5.17. The summed E-state index contributed by atoms with van der Waals surface area (Å²) in [4.78, 5) is 9.79. The summed E-state index contributed by atoms with van der Waals surface area (Å²) >= 11 is 3.26. The zero-order chi connectivity index (χ0) is 29.0. The summed E-state index contributed by atoms with van der Waals surface area (Å²) < 4.78 is 7.07. The lowest BCUT2D eigenvalue weighted by Crippen LogP contribution is -2.14. The second-order valence-electron chi connectivity index (χ2n) is 10.8. The summed E-state index contributed by atoms with van der Waals surface area (Å²) in [5.41, 5.74) is 9.12. The van der Waals surface area contributed by atoms with Crippen LogP contribution in [0.1, 0.15) is 0 Å². The maximum atomic E-state index is 4.94. The van der Waals surface area contributed by atoms with Crippen LogP contribution in [0.25, 0.3) is 49.5 Å². The van der Waals surface area contributed by atoms with E-state index in [1.54, 1.807) is 0 Å². The standard InChI is InChI=1S/C38H24N4S2/c1-3-11-31-29(9-1)30-10-2-4-12-32(30)41(31)27-23-19-26(20-24-27)38-39-37(40-44-38)25-17-21-28(22-18-25)42-33-13-5-7-15-35(33)43-36-16-8-6-14-34(36)42/h1-24H. The van der Waals surface area contributed by atoms with Gasteiger partial charge in [0.1, 0.15) is 5.01 Å². The molecule has 2 aromatic heterocycles. The van der Waals surface area contributed by atoms with Crippen LogP contribution >= 0.6 is 23.3 Å². The van der Waals surface area contributed by atoms with E-state index < -0.39 is 0 Å². The molecular formula is C38H24N4S2. The summed E-state index contributed by atoms with van der Waals surface area (Å²) in [6.45, 7) is 0. The third-order valence-electron chi connectivity index (χ3n) is 8.19. The molecule has 4 nitrogen and oxygen atoms in total. The van der Waals surface area contributed by atoms with E-state index in [2.05, 4.69) is 155 Å². The van der Waals surface area contributed by atoms with E-state index in [4.69, 9.17) is 9.36 Å². The van der Waals surface area contributed by atoms with Gasteiger partial charge in [0.2, 0.25) is 0 Å². The molecule has 0 fully saturated rings. The lowest BCUT2D eigenvalue weighted by Gasteiger charge is -2.32. The number of hydrogen-bond donors (Lipinski definition) is 0. The summed E-state index contributed by atoms with van der Waals surface area (Å²) in [7, 11) is 0. The number of fused-ring (bicyclic) bond motifs is 5. The predicted octanol–water partition coefficient (Wildman–Crippen LogP) is 10.9. The first kappa shape index (κ1) is 25.3. The van der Waals surface area contributed by atoms with Gasteiger partial charge in [0.05, 0.1) is 22.4 Å². The molecule has 44 heavy (non-hydrogen) atoms. The lowest BCUT2D eigenvalue weighted by molar-refractivity contribution is 1.16. The first-order valence-corrected chi connectivity index (χ1v) is 16.1. The monoisotopic (exact) mass is 600 g/mol. The summed E-state index contributed by atoms with van der Waals surface area (Å²) in [5.74, 6) is 0.748. The van der Waals surface area contributed by atoms with Crippen molar-refractivity contribution in [3.63, 3.8) is 0 Å². The van der Waals surface area contributed by atoms with E-state index >= 15 is 0 Å². The second-order valence-corrected chi connectivity index (χ2v) is 12.6. The maximum absolute atomic E-state index is 4.94. The Kier molecular flexibility index (Phi) is 5.89. The minimum atomic E-state index is 0.748. The number of para-hydroxylation sites is 4. The van der Waals surface area contributed by atoms with E-state index in [1.807, 2.05) is 11.8 Å².